The van der Waals surface area contributed by atoms with Gasteiger partial charge in [0.2, 0.25) is 0 Å². The number of hydrogen-bond donors (Lipinski definition) is 1. The maximum atomic E-state index is 12.4. The van der Waals surface area contributed by atoms with Crippen LogP contribution in [0.4, 0.5) is 0 Å². The maximum absolute atomic E-state index is 12.4. The highest BCUT2D eigenvalue weighted by atomic mass is 32.2. The molecule has 0 unspecified atom stereocenters. The number of carbonyl (C=O) groups excluding carboxylic acids is 1. The van der Waals surface area contributed by atoms with Crippen molar-refractivity contribution >= 4 is 16.7 Å². The second kappa shape index (κ2) is 9.17. The number of carbonyl (C=O) groups is 1. The Labute approximate surface area is 157 Å². The molecule has 1 fully saturated rings. The van der Waals surface area contributed by atoms with Gasteiger partial charge >= 0.3 is 0 Å². The number of furan rings is 1. The zero-order valence-corrected chi connectivity index (χ0v) is 16.1. The first-order valence-electron chi connectivity index (χ1n) is 9.40. The number of rotatable bonds is 6. The Balaban J connectivity index is 1.52. The van der Waals surface area contributed by atoms with Gasteiger partial charge in [0, 0.05) is 22.6 Å². The van der Waals surface area contributed by atoms with Crippen molar-refractivity contribution in [1.82, 2.24) is 5.32 Å². The van der Waals surface area contributed by atoms with Gasteiger partial charge in [0.05, 0.1) is 5.75 Å². The fraction of sp³-hybridized carbons (Fsp3) is 0.476. The molecular weight excluding hydrogens is 346 g/mol. The largest absolute Gasteiger partial charge is 0.455 e. The summed E-state index contributed by atoms with van der Waals surface area (Å²) in [5.41, 5.74) is 2.24. The fourth-order valence-corrected chi connectivity index (χ4v) is 4.48. The van der Waals surface area contributed by atoms with Gasteiger partial charge < -0.3 is 9.73 Å². The summed E-state index contributed by atoms with van der Waals surface area (Å²) in [6, 6.07) is 11.7. The van der Waals surface area contributed by atoms with E-state index in [0.29, 0.717) is 23.0 Å². The van der Waals surface area contributed by atoms with Crippen LogP contribution in [0.25, 0.3) is 0 Å². The minimum absolute atomic E-state index is 0.160. The van der Waals surface area contributed by atoms with Crippen molar-refractivity contribution in [3.8, 4) is 0 Å². The molecule has 140 valence electrons. The van der Waals surface area contributed by atoms with Gasteiger partial charge in [0.25, 0.3) is 5.91 Å². The highest BCUT2D eigenvalue weighted by Gasteiger charge is 2.18. The quantitative estimate of drug-likeness (QED) is 0.759. The topological polar surface area (TPSA) is 59.3 Å². The molecule has 1 aromatic heterocycles. The standard InChI is InChI=1S/C21H27NO3S/c1-16-8-10-17(11-9-16)14-26(24)15-19-12-13-20(25-19)21(23)22-18-6-4-2-3-5-7-18/h8-13,18H,2-7,14-15H2,1H3,(H,22,23)/t26-/m0/s1. The Morgan fingerprint density at radius 3 is 2.42 bits per heavy atom. The Kier molecular flexibility index (Phi) is 6.67. The minimum atomic E-state index is -1.06. The third kappa shape index (κ3) is 5.56. The number of nitrogens with one attached hydrogen (secondary N) is 1. The van der Waals surface area contributed by atoms with Crippen LogP contribution < -0.4 is 5.32 Å². The van der Waals surface area contributed by atoms with E-state index in [0.717, 1.165) is 18.4 Å². The molecule has 3 rings (SSSR count). The van der Waals surface area contributed by atoms with Crippen LogP contribution in [0, 0.1) is 6.92 Å². The van der Waals surface area contributed by atoms with Crippen molar-refractivity contribution in [3.05, 3.63) is 59.0 Å². The average Bonchev–Trinajstić information content (AvgIpc) is 2.93. The summed E-state index contributed by atoms with van der Waals surface area (Å²) in [7, 11) is -1.06. The number of benzene rings is 1. The van der Waals surface area contributed by atoms with E-state index in [1.165, 1.54) is 31.2 Å². The van der Waals surface area contributed by atoms with Crippen LogP contribution in [0.5, 0.6) is 0 Å². The van der Waals surface area contributed by atoms with E-state index in [1.54, 1.807) is 12.1 Å². The molecule has 0 bridgehead atoms. The van der Waals surface area contributed by atoms with Crippen LogP contribution in [0.2, 0.25) is 0 Å². The van der Waals surface area contributed by atoms with Gasteiger partial charge in [-0.3, -0.25) is 9.00 Å². The van der Waals surface area contributed by atoms with E-state index in [2.05, 4.69) is 5.32 Å². The van der Waals surface area contributed by atoms with Crippen molar-refractivity contribution in [2.24, 2.45) is 0 Å². The second-order valence-electron chi connectivity index (χ2n) is 7.14. The van der Waals surface area contributed by atoms with Gasteiger partial charge in [0.1, 0.15) is 5.76 Å². The van der Waals surface area contributed by atoms with Crippen LogP contribution >= 0.6 is 0 Å². The Morgan fingerprint density at radius 1 is 1.04 bits per heavy atom. The van der Waals surface area contributed by atoms with Gasteiger partial charge in [-0.15, -0.1) is 0 Å². The molecule has 1 aliphatic carbocycles. The van der Waals surface area contributed by atoms with Crippen LogP contribution in [-0.2, 0) is 22.3 Å². The molecule has 1 atom stereocenters. The molecule has 1 aromatic carbocycles. The van der Waals surface area contributed by atoms with Gasteiger partial charge in [-0.25, -0.2) is 0 Å². The lowest BCUT2D eigenvalue weighted by Crippen LogP contribution is -2.34. The van der Waals surface area contributed by atoms with Gasteiger partial charge in [-0.2, -0.15) is 0 Å². The zero-order valence-electron chi connectivity index (χ0n) is 15.3. The first-order valence-corrected chi connectivity index (χ1v) is 10.9. The molecule has 0 saturated heterocycles. The zero-order chi connectivity index (χ0) is 18.4. The predicted molar refractivity (Wildman–Crippen MR) is 104 cm³/mol. The van der Waals surface area contributed by atoms with E-state index in [1.807, 2.05) is 31.2 Å². The molecule has 1 amide bonds. The van der Waals surface area contributed by atoms with E-state index >= 15 is 0 Å². The predicted octanol–water partition coefficient (Wildman–Crippen LogP) is 4.49. The molecule has 5 heteroatoms. The highest BCUT2D eigenvalue weighted by molar-refractivity contribution is 7.83. The smallest absolute Gasteiger partial charge is 0.287 e. The summed E-state index contributed by atoms with van der Waals surface area (Å²) in [6.45, 7) is 2.03. The first kappa shape index (κ1) is 18.9. The highest BCUT2D eigenvalue weighted by Crippen LogP contribution is 2.18. The molecular formula is C21H27NO3S. The summed E-state index contributed by atoms with van der Waals surface area (Å²) in [5, 5.41) is 3.08. The summed E-state index contributed by atoms with van der Waals surface area (Å²) < 4.78 is 18.0. The van der Waals surface area contributed by atoms with Crippen molar-refractivity contribution < 1.29 is 13.4 Å². The van der Waals surface area contributed by atoms with E-state index in [9.17, 15) is 9.00 Å². The summed E-state index contributed by atoms with van der Waals surface area (Å²) in [6.07, 6.45) is 6.94. The van der Waals surface area contributed by atoms with Crippen molar-refractivity contribution in [2.75, 3.05) is 0 Å². The van der Waals surface area contributed by atoms with E-state index in [-0.39, 0.29) is 11.9 Å². The number of amides is 1. The van der Waals surface area contributed by atoms with Crippen molar-refractivity contribution in [2.45, 2.75) is 63.0 Å². The van der Waals surface area contributed by atoms with E-state index < -0.39 is 10.8 Å². The monoisotopic (exact) mass is 373 g/mol. The van der Waals surface area contributed by atoms with Crippen LogP contribution in [0.3, 0.4) is 0 Å². The first-order chi connectivity index (χ1) is 12.6. The Hall–Kier alpha value is -1.88. The van der Waals surface area contributed by atoms with Crippen LogP contribution in [0.15, 0.2) is 40.8 Å². The van der Waals surface area contributed by atoms with E-state index in [4.69, 9.17) is 4.42 Å². The molecule has 1 saturated carbocycles. The lowest BCUT2D eigenvalue weighted by molar-refractivity contribution is 0.0904. The lowest BCUT2D eigenvalue weighted by Gasteiger charge is -2.14. The summed E-state index contributed by atoms with van der Waals surface area (Å²) in [5.74, 6) is 1.57. The van der Waals surface area contributed by atoms with Gasteiger partial charge in [-0.1, -0.05) is 55.5 Å². The second-order valence-corrected chi connectivity index (χ2v) is 8.60. The molecule has 4 nitrogen and oxygen atoms in total. The molecule has 0 radical (unpaired) electrons. The van der Waals surface area contributed by atoms with Crippen LogP contribution in [0.1, 0.15) is 66.0 Å². The Bertz CT molecular complexity index is 743. The average molecular weight is 374 g/mol. The van der Waals surface area contributed by atoms with Gasteiger partial charge in [0.15, 0.2) is 5.76 Å². The molecule has 1 heterocycles. The SMILES string of the molecule is Cc1ccc(C[S@](=O)Cc2ccc(C(=O)NC3CCCCCC3)o2)cc1. The molecule has 0 aliphatic heterocycles. The third-order valence-corrected chi connectivity index (χ3v) is 6.09. The van der Waals surface area contributed by atoms with Crippen molar-refractivity contribution in [3.63, 3.8) is 0 Å². The molecule has 1 aliphatic rings. The number of hydrogen-bond acceptors (Lipinski definition) is 3. The molecule has 1 N–H and O–H groups in total. The summed E-state index contributed by atoms with van der Waals surface area (Å²) >= 11 is 0. The normalized spacial score (nSPS) is 16.8. The fourth-order valence-electron chi connectivity index (χ4n) is 3.34. The summed E-state index contributed by atoms with van der Waals surface area (Å²) in [4.78, 5) is 12.4. The molecule has 2 aromatic rings. The third-order valence-electron chi connectivity index (χ3n) is 4.83. The minimum Gasteiger partial charge on any atom is -0.455 e. The molecule has 0 spiro atoms. The van der Waals surface area contributed by atoms with Crippen LogP contribution in [-0.4, -0.2) is 16.2 Å². The Morgan fingerprint density at radius 2 is 1.73 bits per heavy atom. The molecule has 26 heavy (non-hydrogen) atoms. The maximum Gasteiger partial charge on any atom is 0.287 e. The number of aryl methyl sites for hydroxylation is 1. The van der Waals surface area contributed by atoms with Crippen molar-refractivity contribution in [1.29, 1.82) is 0 Å². The van der Waals surface area contributed by atoms with Gasteiger partial charge in [-0.05, 0) is 37.5 Å². The lowest BCUT2D eigenvalue weighted by atomic mass is 10.1.